The monoisotopic (exact) mass is 274 g/mol. The number of benzene rings is 1. The number of hydrogen-bond acceptors (Lipinski definition) is 3. The topological polar surface area (TPSA) is 23.6 Å². The lowest BCUT2D eigenvalue weighted by molar-refractivity contribution is -0.120. The van der Waals surface area contributed by atoms with E-state index in [9.17, 15) is 4.79 Å². The molecule has 20 heavy (non-hydrogen) atoms. The van der Waals surface area contributed by atoms with Gasteiger partial charge in [0.25, 0.3) is 0 Å². The average molecular weight is 274 g/mol. The van der Waals surface area contributed by atoms with Crippen LogP contribution in [-0.2, 0) is 11.2 Å². The zero-order valence-corrected chi connectivity index (χ0v) is 12.7. The minimum absolute atomic E-state index is 0.327. The lowest BCUT2D eigenvalue weighted by atomic mass is 10.1. The molecule has 1 aliphatic rings. The van der Waals surface area contributed by atoms with Crippen molar-refractivity contribution in [3.05, 3.63) is 35.9 Å². The first kappa shape index (κ1) is 15.2. The fourth-order valence-corrected chi connectivity index (χ4v) is 2.75. The van der Waals surface area contributed by atoms with Crippen LogP contribution in [0.15, 0.2) is 30.3 Å². The highest BCUT2D eigenvalue weighted by molar-refractivity contribution is 5.82. The van der Waals surface area contributed by atoms with Crippen LogP contribution in [0.1, 0.15) is 25.8 Å². The van der Waals surface area contributed by atoms with Gasteiger partial charge < -0.3 is 0 Å². The van der Waals surface area contributed by atoms with Gasteiger partial charge in [-0.3, -0.25) is 14.6 Å². The van der Waals surface area contributed by atoms with Crippen LogP contribution < -0.4 is 0 Å². The van der Waals surface area contributed by atoms with Crippen LogP contribution in [-0.4, -0.2) is 54.3 Å². The molecule has 110 valence electrons. The number of ketones is 1. The van der Waals surface area contributed by atoms with Crippen molar-refractivity contribution in [1.82, 2.24) is 9.80 Å². The fourth-order valence-electron chi connectivity index (χ4n) is 2.75. The van der Waals surface area contributed by atoms with Gasteiger partial charge in [-0.1, -0.05) is 37.3 Å². The molecule has 1 aromatic rings. The van der Waals surface area contributed by atoms with Crippen molar-refractivity contribution in [3.8, 4) is 0 Å². The molecule has 1 aliphatic heterocycles. The summed E-state index contributed by atoms with van der Waals surface area (Å²) in [6, 6.07) is 10.7. The number of hydrogen-bond donors (Lipinski definition) is 0. The molecule has 1 atom stereocenters. The van der Waals surface area contributed by atoms with Gasteiger partial charge in [-0.25, -0.2) is 0 Å². The molecular weight excluding hydrogens is 248 g/mol. The van der Waals surface area contributed by atoms with Crippen molar-refractivity contribution in [2.45, 2.75) is 32.7 Å². The van der Waals surface area contributed by atoms with Crippen molar-refractivity contribution < 1.29 is 4.79 Å². The molecular formula is C17H26N2O. The summed E-state index contributed by atoms with van der Waals surface area (Å²) in [6.45, 7) is 9.34. The van der Waals surface area contributed by atoms with Gasteiger partial charge in [0.05, 0.1) is 6.54 Å². The summed E-state index contributed by atoms with van der Waals surface area (Å²) in [5.41, 5.74) is 1.12. The normalized spacial score (nSPS) is 18.9. The summed E-state index contributed by atoms with van der Waals surface area (Å²) in [4.78, 5) is 16.9. The van der Waals surface area contributed by atoms with Crippen LogP contribution in [0.5, 0.6) is 0 Å². The molecule has 0 N–H and O–H groups in total. The largest absolute Gasteiger partial charge is 0.298 e. The molecule has 1 unspecified atom stereocenters. The molecule has 0 aliphatic carbocycles. The highest BCUT2D eigenvalue weighted by Gasteiger charge is 2.21. The highest BCUT2D eigenvalue weighted by atomic mass is 16.1. The van der Waals surface area contributed by atoms with E-state index in [1.165, 1.54) is 6.42 Å². The van der Waals surface area contributed by atoms with Crippen LogP contribution in [0, 0.1) is 0 Å². The molecule has 0 bridgehead atoms. The number of carbonyl (C=O) groups is 1. The minimum Gasteiger partial charge on any atom is -0.298 e. The Kier molecular flexibility index (Phi) is 5.74. The standard InChI is InChI=1S/C17H26N2O/c1-3-15(2)19-11-9-18(10-12-19)14-17(20)13-16-7-5-4-6-8-16/h4-8,15H,3,9-14H2,1-2H3. The molecule has 0 aromatic heterocycles. The van der Waals surface area contributed by atoms with Gasteiger partial charge >= 0.3 is 0 Å². The third-order valence-corrected chi connectivity index (χ3v) is 4.27. The Bertz CT molecular complexity index is 410. The van der Waals surface area contributed by atoms with E-state index in [1.807, 2.05) is 30.3 Å². The van der Waals surface area contributed by atoms with Gasteiger partial charge in [-0.05, 0) is 18.9 Å². The molecule has 1 heterocycles. The van der Waals surface area contributed by atoms with Crippen LogP contribution in [0.4, 0.5) is 0 Å². The van der Waals surface area contributed by atoms with E-state index in [2.05, 4.69) is 23.6 Å². The Morgan fingerprint density at radius 2 is 1.80 bits per heavy atom. The third-order valence-electron chi connectivity index (χ3n) is 4.27. The number of Topliss-reactive ketones (excluding diaryl/α,β-unsaturated/α-hetero) is 1. The van der Waals surface area contributed by atoms with E-state index < -0.39 is 0 Å². The van der Waals surface area contributed by atoms with Crippen LogP contribution in [0.2, 0.25) is 0 Å². The van der Waals surface area contributed by atoms with Gasteiger partial charge in [-0.2, -0.15) is 0 Å². The Balaban J connectivity index is 1.74. The molecule has 0 spiro atoms. The van der Waals surface area contributed by atoms with Crippen LogP contribution in [0.3, 0.4) is 0 Å². The average Bonchev–Trinajstić information content (AvgIpc) is 2.48. The smallest absolute Gasteiger partial charge is 0.151 e. The van der Waals surface area contributed by atoms with Crippen molar-refractivity contribution in [2.24, 2.45) is 0 Å². The van der Waals surface area contributed by atoms with Gasteiger partial charge in [0, 0.05) is 38.6 Å². The Labute approximate surface area is 122 Å². The number of carbonyl (C=O) groups excluding carboxylic acids is 1. The molecule has 1 fully saturated rings. The predicted octanol–water partition coefficient (Wildman–Crippen LogP) is 2.21. The van der Waals surface area contributed by atoms with Crippen LogP contribution >= 0.6 is 0 Å². The van der Waals surface area contributed by atoms with Gasteiger partial charge in [0.1, 0.15) is 0 Å². The van der Waals surface area contributed by atoms with E-state index in [0.29, 0.717) is 24.8 Å². The summed E-state index contributed by atoms with van der Waals surface area (Å²) in [6.07, 6.45) is 1.76. The van der Waals surface area contributed by atoms with Crippen molar-refractivity contribution >= 4 is 5.78 Å². The zero-order valence-electron chi connectivity index (χ0n) is 12.7. The van der Waals surface area contributed by atoms with E-state index in [4.69, 9.17) is 0 Å². The van der Waals surface area contributed by atoms with Crippen molar-refractivity contribution in [1.29, 1.82) is 0 Å². The lowest BCUT2D eigenvalue weighted by Gasteiger charge is -2.37. The quantitative estimate of drug-likeness (QED) is 0.794. The van der Waals surface area contributed by atoms with Gasteiger partial charge in [0.2, 0.25) is 0 Å². The van der Waals surface area contributed by atoms with E-state index in [0.717, 1.165) is 31.7 Å². The molecule has 0 radical (unpaired) electrons. The Morgan fingerprint density at radius 1 is 1.15 bits per heavy atom. The van der Waals surface area contributed by atoms with E-state index in [-0.39, 0.29) is 0 Å². The maximum absolute atomic E-state index is 12.1. The number of nitrogens with zero attached hydrogens (tertiary/aromatic N) is 2. The molecule has 3 heteroatoms. The maximum Gasteiger partial charge on any atom is 0.151 e. The first-order valence-corrected chi connectivity index (χ1v) is 7.71. The summed E-state index contributed by atoms with van der Waals surface area (Å²) in [7, 11) is 0. The second-order valence-electron chi connectivity index (χ2n) is 5.77. The first-order valence-electron chi connectivity index (χ1n) is 7.71. The summed E-state index contributed by atoms with van der Waals surface area (Å²) in [5.74, 6) is 0.327. The van der Waals surface area contributed by atoms with Gasteiger partial charge in [0.15, 0.2) is 5.78 Å². The molecule has 1 saturated heterocycles. The fraction of sp³-hybridized carbons (Fsp3) is 0.588. The number of rotatable bonds is 6. The van der Waals surface area contributed by atoms with Crippen LogP contribution in [0.25, 0.3) is 0 Å². The summed E-state index contributed by atoms with van der Waals surface area (Å²) < 4.78 is 0. The minimum atomic E-state index is 0.327. The second-order valence-corrected chi connectivity index (χ2v) is 5.77. The van der Waals surface area contributed by atoms with Crippen molar-refractivity contribution in [2.75, 3.05) is 32.7 Å². The summed E-state index contributed by atoms with van der Waals surface area (Å²) >= 11 is 0. The van der Waals surface area contributed by atoms with Gasteiger partial charge in [-0.15, -0.1) is 0 Å². The molecule has 2 rings (SSSR count). The van der Waals surface area contributed by atoms with E-state index in [1.54, 1.807) is 0 Å². The highest BCUT2D eigenvalue weighted by Crippen LogP contribution is 2.09. The molecule has 1 aromatic carbocycles. The Hall–Kier alpha value is -1.19. The molecule has 0 amide bonds. The predicted molar refractivity (Wildman–Crippen MR) is 82.9 cm³/mol. The first-order chi connectivity index (χ1) is 9.69. The lowest BCUT2D eigenvalue weighted by Crippen LogP contribution is -2.50. The maximum atomic E-state index is 12.1. The Morgan fingerprint density at radius 3 is 2.40 bits per heavy atom. The van der Waals surface area contributed by atoms with Crippen molar-refractivity contribution in [3.63, 3.8) is 0 Å². The van der Waals surface area contributed by atoms with E-state index >= 15 is 0 Å². The summed E-state index contributed by atoms with van der Waals surface area (Å²) in [5, 5.41) is 0. The molecule has 0 saturated carbocycles. The third kappa shape index (κ3) is 4.43. The molecule has 3 nitrogen and oxygen atoms in total. The zero-order chi connectivity index (χ0) is 14.4. The SMILES string of the molecule is CCC(C)N1CCN(CC(=O)Cc2ccccc2)CC1. The second kappa shape index (κ2) is 7.55. The number of piperazine rings is 1.